The summed E-state index contributed by atoms with van der Waals surface area (Å²) in [5.41, 5.74) is 2.83. The monoisotopic (exact) mass is 357 g/mol. The van der Waals surface area contributed by atoms with Crippen molar-refractivity contribution < 1.29 is 4.79 Å². The van der Waals surface area contributed by atoms with Gasteiger partial charge in [-0.1, -0.05) is 42.6 Å². The van der Waals surface area contributed by atoms with Crippen LogP contribution in [0.15, 0.2) is 53.3 Å². The topological polar surface area (TPSA) is 44.7 Å². The molecule has 0 radical (unpaired) electrons. The lowest BCUT2D eigenvalue weighted by Gasteiger charge is -2.28. The summed E-state index contributed by atoms with van der Waals surface area (Å²) in [6.07, 6.45) is 0. The second kappa shape index (κ2) is 7.23. The van der Waals surface area contributed by atoms with Crippen LogP contribution < -0.4 is 5.32 Å². The smallest absolute Gasteiger partial charge is 0.230 e. The Morgan fingerprint density at radius 1 is 1.38 bits per heavy atom. The molecule has 1 aromatic carbocycles. The molecular weight excluding hydrogens is 338 g/mol. The Hall–Kier alpha value is -2.05. The highest BCUT2D eigenvalue weighted by Crippen LogP contribution is 2.34. The SMILES string of the molecule is C=C1c2ccccc2N=C(SCC(=O)N[C@H](C)c2cccs2)N1C. The van der Waals surface area contributed by atoms with Gasteiger partial charge in [-0.3, -0.25) is 4.79 Å². The van der Waals surface area contributed by atoms with Crippen LogP contribution in [0.4, 0.5) is 5.69 Å². The van der Waals surface area contributed by atoms with E-state index in [2.05, 4.69) is 16.9 Å². The maximum atomic E-state index is 12.2. The van der Waals surface area contributed by atoms with Crippen molar-refractivity contribution in [1.82, 2.24) is 10.2 Å². The van der Waals surface area contributed by atoms with Gasteiger partial charge in [-0.15, -0.1) is 11.3 Å². The molecule has 2 aromatic rings. The zero-order valence-corrected chi connectivity index (χ0v) is 15.3. The molecule has 124 valence electrons. The molecule has 4 nitrogen and oxygen atoms in total. The Kier molecular flexibility index (Phi) is 5.06. The fraction of sp³-hybridized carbons (Fsp3) is 0.222. The van der Waals surface area contributed by atoms with E-state index in [0.717, 1.165) is 27.0 Å². The third-order valence-corrected chi connectivity index (χ3v) is 5.89. The summed E-state index contributed by atoms with van der Waals surface area (Å²) in [6.45, 7) is 6.13. The van der Waals surface area contributed by atoms with Crippen LogP contribution >= 0.6 is 23.1 Å². The van der Waals surface area contributed by atoms with Gasteiger partial charge in [0.1, 0.15) is 0 Å². The highest BCUT2D eigenvalue weighted by atomic mass is 32.2. The summed E-state index contributed by atoms with van der Waals surface area (Å²) in [7, 11) is 1.93. The van der Waals surface area contributed by atoms with E-state index in [1.807, 2.05) is 60.6 Å². The fourth-order valence-corrected chi connectivity index (χ4v) is 3.99. The van der Waals surface area contributed by atoms with E-state index >= 15 is 0 Å². The highest BCUT2D eigenvalue weighted by molar-refractivity contribution is 8.14. The molecule has 1 atom stereocenters. The van der Waals surface area contributed by atoms with Gasteiger partial charge in [0, 0.05) is 23.2 Å². The number of nitrogens with zero attached hydrogens (tertiary/aromatic N) is 2. The summed E-state index contributed by atoms with van der Waals surface area (Å²) >= 11 is 3.07. The summed E-state index contributed by atoms with van der Waals surface area (Å²) in [4.78, 5) is 19.9. The van der Waals surface area contributed by atoms with Crippen LogP contribution in [-0.4, -0.2) is 28.8 Å². The average Bonchev–Trinajstić information content (AvgIpc) is 3.11. The number of carbonyl (C=O) groups excluding carboxylic acids is 1. The quantitative estimate of drug-likeness (QED) is 0.889. The number of rotatable bonds is 4. The number of thioether (sulfide) groups is 1. The number of thiophene rings is 1. The number of hydrogen-bond donors (Lipinski definition) is 1. The minimum atomic E-state index is 0.00136. The minimum Gasteiger partial charge on any atom is -0.348 e. The van der Waals surface area contributed by atoms with Crippen molar-refractivity contribution in [3.8, 4) is 0 Å². The number of aliphatic imine (C=N–C) groups is 1. The highest BCUT2D eigenvalue weighted by Gasteiger charge is 2.21. The van der Waals surface area contributed by atoms with Gasteiger partial charge in [-0.2, -0.15) is 0 Å². The zero-order valence-electron chi connectivity index (χ0n) is 13.7. The molecule has 0 aliphatic carbocycles. The van der Waals surface area contributed by atoms with Crippen LogP contribution in [0.2, 0.25) is 0 Å². The van der Waals surface area contributed by atoms with E-state index in [4.69, 9.17) is 0 Å². The van der Waals surface area contributed by atoms with Gasteiger partial charge < -0.3 is 10.2 Å². The van der Waals surface area contributed by atoms with Crippen LogP contribution in [0, 0.1) is 0 Å². The molecular formula is C18H19N3OS2. The van der Waals surface area contributed by atoms with E-state index in [9.17, 15) is 4.79 Å². The molecule has 0 unspecified atom stereocenters. The predicted octanol–water partition coefficient (Wildman–Crippen LogP) is 4.26. The first-order valence-corrected chi connectivity index (χ1v) is 9.49. The second-order valence-electron chi connectivity index (χ2n) is 5.51. The number of para-hydroxylation sites is 1. The molecule has 0 fully saturated rings. The molecule has 1 aliphatic heterocycles. The third kappa shape index (κ3) is 3.55. The Balaban J connectivity index is 1.63. The lowest BCUT2D eigenvalue weighted by Crippen LogP contribution is -2.30. The molecule has 1 N–H and O–H groups in total. The van der Waals surface area contributed by atoms with Crippen molar-refractivity contribution >= 4 is 45.6 Å². The van der Waals surface area contributed by atoms with Crippen molar-refractivity contribution in [2.75, 3.05) is 12.8 Å². The van der Waals surface area contributed by atoms with Crippen LogP contribution in [0.1, 0.15) is 23.4 Å². The Bertz CT molecular complexity index is 783. The van der Waals surface area contributed by atoms with Gasteiger partial charge in [-0.05, 0) is 24.4 Å². The Morgan fingerprint density at radius 3 is 2.92 bits per heavy atom. The molecule has 0 spiro atoms. The number of benzene rings is 1. The normalized spacial score (nSPS) is 14.8. The van der Waals surface area contributed by atoms with Crippen LogP contribution in [-0.2, 0) is 4.79 Å². The van der Waals surface area contributed by atoms with Crippen molar-refractivity contribution in [1.29, 1.82) is 0 Å². The summed E-state index contributed by atoms with van der Waals surface area (Å²) in [5.74, 6) is 0.329. The largest absolute Gasteiger partial charge is 0.348 e. The Labute approximate surface area is 150 Å². The number of fused-ring (bicyclic) bond motifs is 1. The average molecular weight is 358 g/mol. The fourth-order valence-electron chi connectivity index (χ4n) is 2.44. The molecule has 1 aromatic heterocycles. The molecule has 0 saturated carbocycles. The molecule has 6 heteroatoms. The molecule has 0 bridgehead atoms. The first-order chi connectivity index (χ1) is 11.6. The molecule has 1 aliphatic rings. The lowest BCUT2D eigenvalue weighted by atomic mass is 10.1. The predicted molar refractivity (Wildman–Crippen MR) is 104 cm³/mol. The van der Waals surface area contributed by atoms with Crippen molar-refractivity contribution in [3.63, 3.8) is 0 Å². The van der Waals surface area contributed by atoms with Gasteiger partial charge in [-0.25, -0.2) is 4.99 Å². The van der Waals surface area contributed by atoms with Crippen LogP contribution in [0.25, 0.3) is 5.70 Å². The van der Waals surface area contributed by atoms with Gasteiger partial charge in [0.15, 0.2) is 5.17 Å². The van der Waals surface area contributed by atoms with Gasteiger partial charge in [0.05, 0.1) is 17.5 Å². The molecule has 2 heterocycles. The van der Waals surface area contributed by atoms with Gasteiger partial charge >= 0.3 is 0 Å². The van der Waals surface area contributed by atoms with Crippen molar-refractivity contribution in [2.24, 2.45) is 4.99 Å². The molecule has 3 rings (SSSR count). The van der Waals surface area contributed by atoms with E-state index in [-0.39, 0.29) is 11.9 Å². The zero-order chi connectivity index (χ0) is 17.1. The molecule has 1 amide bonds. The second-order valence-corrected chi connectivity index (χ2v) is 7.43. The maximum Gasteiger partial charge on any atom is 0.230 e. The maximum absolute atomic E-state index is 12.2. The van der Waals surface area contributed by atoms with Gasteiger partial charge in [0.2, 0.25) is 5.91 Å². The van der Waals surface area contributed by atoms with Crippen LogP contribution in [0.5, 0.6) is 0 Å². The Morgan fingerprint density at radius 2 is 2.17 bits per heavy atom. The van der Waals surface area contributed by atoms with E-state index in [1.54, 1.807) is 11.3 Å². The summed E-state index contributed by atoms with van der Waals surface area (Å²) in [5, 5.41) is 5.83. The van der Waals surface area contributed by atoms with E-state index in [1.165, 1.54) is 11.8 Å². The van der Waals surface area contributed by atoms with Crippen molar-refractivity contribution in [2.45, 2.75) is 13.0 Å². The first-order valence-electron chi connectivity index (χ1n) is 7.62. The van der Waals surface area contributed by atoms with Crippen LogP contribution in [0.3, 0.4) is 0 Å². The molecule has 24 heavy (non-hydrogen) atoms. The lowest BCUT2D eigenvalue weighted by molar-refractivity contribution is -0.119. The summed E-state index contributed by atoms with van der Waals surface area (Å²) < 4.78 is 0. The third-order valence-electron chi connectivity index (χ3n) is 3.80. The van der Waals surface area contributed by atoms with Gasteiger partial charge in [0.25, 0.3) is 0 Å². The van der Waals surface area contributed by atoms with E-state index < -0.39 is 0 Å². The molecule has 0 saturated heterocycles. The standard InChI is InChI=1S/C18H19N3OS2/c1-12(16-9-6-10-23-16)19-17(22)11-24-18-20-15-8-5-4-7-14(15)13(2)21(18)3/h4-10,12H,2,11H2,1,3H3,(H,19,22)/t12-/m1/s1. The van der Waals surface area contributed by atoms with E-state index in [0.29, 0.717) is 5.75 Å². The number of carbonyl (C=O) groups is 1. The summed E-state index contributed by atoms with van der Waals surface area (Å²) in [6, 6.07) is 12.0. The first kappa shape index (κ1) is 16.8. The number of nitrogens with one attached hydrogen (secondary N) is 1. The number of amidine groups is 1. The minimum absolute atomic E-state index is 0.00136. The van der Waals surface area contributed by atoms with Crippen molar-refractivity contribution in [3.05, 3.63) is 58.8 Å². The number of amides is 1. The number of hydrogen-bond acceptors (Lipinski definition) is 5.